The average Bonchev–Trinajstić information content (AvgIpc) is 3.09. The van der Waals surface area contributed by atoms with Gasteiger partial charge in [-0.3, -0.25) is 28.9 Å². The minimum atomic E-state index is -0.817. The second-order valence-electron chi connectivity index (χ2n) is 10.4. The summed E-state index contributed by atoms with van der Waals surface area (Å²) >= 11 is 0. The SMILES string of the molecule is CC(C)C(NC(=O)CCCCCN1C(=O)C=CC1=O)C(=O)NC(CCCNC(N)=O)C(=O)C(C)(C)C. The highest BCUT2D eigenvalue weighted by molar-refractivity contribution is 6.12. The molecule has 0 fully saturated rings. The van der Waals surface area contributed by atoms with Crippen LogP contribution in [0.15, 0.2) is 12.2 Å². The van der Waals surface area contributed by atoms with Crippen molar-refractivity contribution >= 4 is 35.4 Å². The van der Waals surface area contributed by atoms with E-state index in [1.807, 2.05) is 0 Å². The third kappa shape index (κ3) is 10.6. The van der Waals surface area contributed by atoms with E-state index in [9.17, 15) is 28.8 Å². The van der Waals surface area contributed by atoms with Crippen LogP contribution in [0.25, 0.3) is 0 Å². The van der Waals surface area contributed by atoms with Crippen molar-refractivity contribution in [3.63, 3.8) is 0 Å². The Kier molecular flexibility index (Phi) is 12.3. The predicted octanol–water partition coefficient (Wildman–Crippen LogP) is 1.16. The lowest BCUT2D eigenvalue weighted by Gasteiger charge is -2.28. The molecule has 2 atom stereocenters. The first kappa shape index (κ1) is 30.8. The fourth-order valence-corrected chi connectivity index (χ4v) is 3.74. The molecular weight excluding hydrogens is 466 g/mol. The van der Waals surface area contributed by atoms with E-state index in [-0.39, 0.29) is 42.4 Å². The van der Waals surface area contributed by atoms with E-state index >= 15 is 0 Å². The molecule has 1 heterocycles. The van der Waals surface area contributed by atoms with Gasteiger partial charge in [-0.2, -0.15) is 0 Å². The maximum atomic E-state index is 13.0. The number of imide groups is 1. The van der Waals surface area contributed by atoms with Crippen LogP contribution in [0, 0.1) is 11.3 Å². The first-order valence-corrected chi connectivity index (χ1v) is 12.4. The Morgan fingerprint density at radius 2 is 1.56 bits per heavy atom. The molecule has 0 saturated heterocycles. The number of primary amides is 1. The van der Waals surface area contributed by atoms with Crippen molar-refractivity contribution in [2.45, 2.75) is 85.2 Å². The predicted molar refractivity (Wildman–Crippen MR) is 134 cm³/mol. The van der Waals surface area contributed by atoms with E-state index < -0.39 is 29.4 Å². The van der Waals surface area contributed by atoms with Crippen LogP contribution >= 0.6 is 0 Å². The second-order valence-corrected chi connectivity index (χ2v) is 10.4. The fraction of sp³-hybridized carbons (Fsp3) is 0.680. The number of Topliss-reactive ketones (excluding diaryl/α,β-unsaturated/α-hetero) is 1. The number of hydrogen-bond acceptors (Lipinski definition) is 6. The number of unbranched alkanes of at least 4 members (excludes halogenated alkanes) is 2. The van der Waals surface area contributed by atoms with Gasteiger partial charge in [-0.25, -0.2) is 4.79 Å². The largest absolute Gasteiger partial charge is 0.352 e. The number of nitrogens with one attached hydrogen (secondary N) is 3. The number of rotatable bonds is 15. The molecule has 202 valence electrons. The lowest BCUT2D eigenvalue weighted by Crippen LogP contribution is -2.55. The summed E-state index contributed by atoms with van der Waals surface area (Å²) in [5.74, 6) is -1.73. The monoisotopic (exact) mass is 507 g/mol. The number of nitrogens with two attached hydrogens (primary N) is 1. The minimum Gasteiger partial charge on any atom is -0.352 e. The summed E-state index contributed by atoms with van der Waals surface area (Å²) in [4.78, 5) is 73.6. The smallest absolute Gasteiger partial charge is 0.312 e. The van der Waals surface area contributed by atoms with E-state index in [0.717, 1.165) is 0 Å². The van der Waals surface area contributed by atoms with Crippen LogP contribution in [0.3, 0.4) is 0 Å². The Hall–Kier alpha value is -3.24. The van der Waals surface area contributed by atoms with Crippen molar-refractivity contribution in [1.29, 1.82) is 0 Å². The standard InChI is InChI=1S/C25H41N5O6/c1-16(2)21(29-18(31)11-7-6-8-15-30-19(32)12-13-20(30)33)23(35)28-17(22(34)25(3,4)5)10-9-14-27-24(26)36/h12-13,16-17,21H,6-11,14-15H2,1-5H3,(H,28,35)(H,29,31)(H3,26,27,36). The van der Waals surface area contributed by atoms with E-state index in [1.54, 1.807) is 34.6 Å². The lowest BCUT2D eigenvalue weighted by molar-refractivity contribution is -0.137. The number of amides is 6. The molecule has 0 radical (unpaired) electrons. The molecule has 1 rings (SSSR count). The van der Waals surface area contributed by atoms with Crippen LogP contribution in [0.5, 0.6) is 0 Å². The molecule has 0 aromatic heterocycles. The van der Waals surface area contributed by atoms with Gasteiger partial charge in [0, 0.05) is 37.1 Å². The molecule has 0 bridgehead atoms. The zero-order valence-corrected chi connectivity index (χ0v) is 22.0. The second kappa shape index (κ2) is 14.4. The van der Waals surface area contributed by atoms with Crippen molar-refractivity contribution < 1.29 is 28.8 Å². The van der Waals surface area contributed by atoms with Gasteiger partial charge in [-0.15, -0.1) is 0 Å². The molecule has 5 N–H and O–H groups in total. The summed E-state index contributed by atoms with van der Waals surface area (Å²) in [6.45, 7) is 9.50. The number of carbonyl (C=O) groups is 6. The third-order valence-corrected chi connectivity index (χ3v) is 5.79. The van der Waals surface area contributed by atoms with Gasteiger partial charge >= 0.3 is 6.03 Å². The highest BCUT2D eigenvalue weighted by atomic mass is 16.2. The topological polar surface area (TPSA) is 168 Å². The first-order valence-electron chi connectivity index (χ1n) is 12.4. The molecule has 6 amide bonds. The normalized spacial score (nSPS) is 15.1. The molecule has 11 nitrogen and oxygen atoms in total. The highest BCUT2D eigenvalue weighted by Gasteiger charge is 2.33. The Morgan fingerprint density at radius 3 is 2.08 bits per heavy atom. The highest BCUT2D eigenvalue weighted by Crippen LogP contribution is 2.19. The van der Waals surface area contributed by atoms with Crippen LogP contribution in [0.2, 0.25) is 0 Å². The zero-order valence-electron chi connectivity index (χ0n) is 22.0. The molecule has 0 aromatic carbocycles. The average molecular weight is 508 g/mol. The van der Waals surface area contributed by atoms with Gasteiger partial charge in [0.1, 0.15) is 6.04 Å². The van der Waals surface area contributed by atoms with E-state index in [4.69, 9.17) is 5.73 Å². The lowest BCUT2D eigenvalue weighted by atomic mass is 9.84. The van der Waals surface area contributed by atoms with Crippen LogP contribution in [0.4, 0.5) is 4.79 Å². The van der Waals surface area contributed by atoms with Gasteiger partial charge in [0.15, 0.2) is 5.78 Å². The van der Waals surface area contributed by atoms with Gasteiger partial charge in [-0.1, -0.05) is 41.0 Å². The van der Waals surface area contributed by atoms with Crippen molar-refractivity contribution in [2.75, 3.05) is 13.1 Å². The third-order valence-electron chi connectivity index (χ3n) is 5.79. The van der Waals surface area contributed by atoms with E-state index in [2.05, 4.69) is 16.0 Å². The molecule has 0 aromatic rings. The fourth-order valence-electron chi connectivity index (χ4n) is 3.74. The molecule has 2 unspecified atom stereocenters. The van der Waals surface area contributed by atoms with Crippen molar-refractivity contribution in [1.82, 2.24) is 20.9 Å². The summed E-state index contributed by atoms with van der Waals surface area (Å²) in [5, 5.41) is 8.02. The molecule has 0 aliphatic carbocycles. The van der Waals surface area contributed by atoms with Gasteiger partial charge in [0.25, 0.3) is 11.8 Å². The Bertz CT molecular complexity index is 843. The van der Waals surface area contributed by atoms with Crippen LogP contribution in [-0.4, -0.2) is 65.5 Å². The number of hydrogen-bond donors (Lipinski definition) is 4. The van der Waals surface area contributed by atoms with Gasteiger partial charge < -0.3 is 21.7 Å². The van der Waals surface area contributed by atoms with Gasteiger partial charge in [-0.05, 0) is 31.6 Å². The number of urea groups is 1. The quantitative estimate of drug-likeness (QED) is 0.192. The zero-order chi connectivity index (χ0) is 27.5. The summed E-state index contributed by atoms with van der Waals surface area (Å²) in [6, 6.07) is -2.24. The summed E-state index contributed by atoms with van der Waals surface area (Å²) in [5.41, 5.74) is 4.38. The number of nitrogens with zero attached hydrogens (tertiary/aromatic N) is 1. The molecule has 36 heavy (non-hydrogen) atoms. The summed E-state index contributed by atoms with van der Waals surface area (Å²) < 4.78 is 0. The van der Waals surface area contributed by atoms with Crippen molar-refractivity contribution in [2.24, 2.45) is 17.1 Å². The Morgan fingerprint density at radius 1 is 0.944 bits per heavy atom. The maximum Gasteiger partial charge on any atom is 0.312 e. The van der Waals surface area contributed by atoms with Gasteiger partial charge in [0.05, 0.1) is 6.04 Å². The van der Waals surface area contributed by atoms with Crippen molar-refractivity contribution in [3.8, 4) is 0 Å². The molecule has 11 heteroatoms. The molecule has 1 aliphatic heterocycles. The van der Waals surface area contributed by atoms with Crippen LogP contribution in [0.1, 0.15) is 73.1 Å². The van der Waals surface area contributed by atoms with Crippen LogP contribution in [-0.2, 0) is 24.0 Å². The maximum absolute atomic E-state index is 13.0. The van der Waals surface area contributed by atoms with Crippen molar-refractivity contribution in [3.05, 3.63) is 12.2 Å². The number of carbonyl (C=O) groups excluding carboxylic acids is 6. The summed E-state index contributed by atoms with van der Waals surface area (Å²) in [6.07, 6.45) is 5.21. The van der Waals surface area contributed by atoms with Crippen LogP contribution < -0.4 is 21.7 Å². The first-order chi connectivity index (χ1) is 16.7. The van der Waals surface area contributed by atoms with E-state index in [0.29, 0.717) is 38.6 Å². The molecular formula is C25H41N5O6. The molecule has 0 saturated carbocycles. The number of ketones is 1. The van der Waals surface area contributed by atoms with E-state index in [1.165, 1.54) is 17.1 Å². The molecule has 0 spiro atoms. The van der Waals surface area contributed by atoms with Gasteiger partial charge in [0.2, 0.25) is 11.8 Å². The summed E-state index contributed by atoms with van der Waals surface area (Å²) in [7, 11) is 0. The minimum absolute atomic E-state index is 0.145. The molecule has 1 aliphatic rings. The Balaban J connectivity index is 2.59. The Labute approximate surface area is 213 Å².